The quantitative estimate of drug-likeness (QED) is 0.925. The number of carbonyl (C=O) groups is 1. The Bertz CT molecular complexity index is 538. The SMILES string of the molecule is Cc1nc2c(s1)CCC[C@@H]2CN(C)C(=O)[C@@]1(O)CCSC1. The van der Waals surface area contributed by atoms with E-state index in [1.54, 1.807) is 28.0 Å². The summed E-state index contributed by atoms with van der Waals surface area (Å²) >= 11 is 3.44. The van der Waals surface area contributed by atoms with E-state index in [9.17, 15) is 9.90 Å². The Labute approximate surface area is 133 Å². The average Bonchev–Trinajstić information content (AvgIpc) is 3.04. The van der Waals surface area contributed by atoms with Crippen molar-refractivity contribution in [3.63, 3.8) is 0 Å². The van der Waals surface area contributed by atoms with Gasteiger partial charge in [-0.25, -0.2) is 4.98 Å². The van der Waals surface area contributed by atoms with Crippen LogP contribution in [-0.2, 0) is 11.2 Å². The molecule has 1 aliphatic heterocycles. The molecule has 4 nitrogen and oxygen atoms in total. The molecule has 3 rings (SSSR count). The second-order valence-electron chi connectivity index (χ2n) is 6.15. The Kier molecular flexibility index (Phi) is 4.30. The Morgan fingerprint density at radius 2 is 2.38 bits per heavy atom. The molecule has 0 saturated carbocycles. The van der Waals surface area contributed by atoms with Crippen LogP contribution in [0, 0.1) is 6.92 Å². The Hall–Kier alpha value is -0.590. The Morgan fingerprint density at radius 3 is 3.10 bits per heavy atom. The molecule has 1 saturated heterocycles. The number of likely N-dealkylation sites (N-methyl/N-ethyl adjacent to an activating group) is 1. The van der Waals surface area contributed by atoms with Gasteiger partial charge in [-0.15, -0.1) is 11.3 Å². The van der Waals surface area contributed by atoms with E-state index >= 15 is 0 Å². The van der Waals surface area contributed by atoms with Gasteiger partial charge in [-0.1, -0.05) is 0 Å². The van der Waals surface area contributed by atoms with Crippen LogP contribution in [-0.4, -0.2) is 51.6 Å². The lowest BCUT2D eigenvalue weighted by Crippen LogP contribution is -2.48. The third-order valence-corrected chi connectivity index (χ3v) is 6.64. The molecular formula is C15H22N2O2S2. The van der Waals surface area contributed by atoms with Crippen molar-refractivity contribution in [1.29, 1.82) is 0 Å². The van der Waals surface area contributed by atoms with Crippen molar-refractivity contribution in [2.45, 2.75) is 44.1 Å². The number of aryl methyl sites for hydroxylation is 2. The average molecular weight is 326 g/mol. The number of amides is 1. The van der Waals surface area contributed by atoms with Crippen molar-refractivity contribution in [3.8, 4) is 0 Å². The van der Waals surface area contributed by atoms with Crippen molar-refractivity contribution in [2.24, 2.45) is 0 Å². The van der Waals surface area contributed by atoms with Crippen LogP contribution in [0.1, 0.15) is 40.8 Å². The van der Waals surface area contributed by atoms with Gasteiger partial charge in [0.25, 0.3) is 5.91 Å². The molecule has 2 atom stereocenters. The Morgan fingerprint density at radius 1 is 1.57 bits per heavy atom. The lowest BCUT2D eigenvalue weighted by Gasteiger charge is -2.31. The minimum Gasteiger partial charge on any atom is -0.379 e. The fourth-order valence-electron chi connectivity index (χ4n) is 3.30. The van der Waals surface area contributed by atoms with Crippen molar-refractivity contribution >= 4 is 29.0 Å². The van der Waals surface area contributed by atoms with E-state index in [-0.39, 0.29) is 5.91 Å². The first kappa shape index (κ1) is 15.3. The first-order chi connectivity index (χ1) is 9.99. The van der Waals surface area contributed by atoms with Crippen LogP contribution in [0.2, 0.25) is 0 Å². The highest BCUT2D eigenvalue weighted by atomic mass is 32.2. The van der Waals surface area contributed by atoms with Crippen LogP contribution in [0.25, 0.3) is 0 Å². The van der Waals surface area contributed by atoms with Crippen molar-refractivity contribution in [3.05, 3.63) is 15.6 Å². The highest BCUT2D eigenvalue weighted by Crippen LogP contribution is 2.36. The molecule has 6 heteroatoms. The topological polar surface area (TPSA) is 53.4 Å². The number of aliphatic hydroxyl groups is 1. The predicted molar refractivity (Wildman–Crippen MR) is 87.1 cm³/mol. The summed E-state index contributed by atoms with van der Waals surface area (Å²) in [5.74, 6) is 1.61. The summed E-state index contributed by atoms with van der Waals surface area (Å²) in [5, 5.41) is 11.6. The van der Waals surface area contributed by atoms with Crippen molar-refractivity contribution < 1.29 is 9.90 Å². The van der Waals surface area contributed by atoms with Gasteiger partial charge in [0.15, 0.2) is 5.60 Å². The molecule has 2 aliphatic rings. The number of carbonyl (C=O) groups excluding carboxylic acids is 1. The molecule has 116 valence electrons. The lowest BCUT2D eigenvalue weighted by atomic mass is 9.90. The van der Waals surface area contributed by atoms with Crippen molar-refractivity contribution in [1.82, 2.24) is 9.88 Å². The summed E-state index contributed by atoms with van der Waals surface area (Å²) in [4.78, 5) is 20.3. The third-order valence-electron chi connectivity index (χ3n) is 4.42. The van der Waals surface area contributed by atoms with Gasteiger partial charge in [-0.05, 0) is 38.4 Å². The van der Waals surface area contributed by atoms with E-state index in [1.807, 2.05) is 14.0 Å². The molecular weight excluding hydrogens is 304 g/mol. The molecule has 0 radical (unpaired) electrons. The van der Waals surface area contributed by atoms with Crippen LogP contribution in [0.15, 0.2) is 0 Å². The van der Waals surface area contributed by atoms with Gasteiger partial charge in [0.1, 0.15) is 0 Å². The normalized spacial score (nSPS) is 28.4. The molecule has 1 aliphatic carbocycles. The lowest BCUT2D eigenvalue weighted by molar-refractivity contribution is -0.147. The van der Waals surface area contributed by atoms with Gasteiger partial charge < -0.3 is 10.0 Å². The number of thioether (sulfide) groups is 1. The van der Waals surface area contributed by atoms with Crippen LogP contribution in [0.5, 0.6) is 0 Å². The van der Waals surface area contributed by atoms with Gasteiger partial charge in [-0.2, -0.15) is 11.8 Å². The molecule has 1 aromatic rings. The first-order valence-electron chi connectivity index (χ1n) is 7.51. The van der Waals surface area contributed by atoms with Gasteiger partial charge in [-0.3, -0.25) is 4.79 Å². The summed E-state index contributed by atoms with van der Waals surface area (Å²) < 4.78 is 0. The van der Waals surface area contributed by atoms with Gasteiger partial charge in [0, 0.05) is 30.1 Å². The highest BCUT2D eigenvalue weighted by Gasteiger charge is 2.42. The van der Waals surface area contributed by atoms with E-state index in [1.165, 1.54) is 17.0 Å². The zero-order valence-corrected chi connectivity index (χ0v) is 14.2. The smallest absolute Gasteiger partial charge is 0.255 e. The van der Waals surface area contributed by atoms with Crippen LogP contribution < -0.4 is 0 Å². The molecule has 1 N–H and O–H groups in total. The zero-order chi connectivity index (χ0) is 15.0. The second kappa shape index (κ2) is 5.89. The van der Waals surface area contributed by atoms with Crippen molar-refractivity contribution in [2.75, 3.05) is 25.1 Å². The second-order valence-corrected chi connectivity index (χ2v) is 8.54. The van der Waals surface area contributed by atoms with Gasteiger partial charge in [0.05, 0.1) is 10.7 Å². The van der Waals surface area contributed by atoms with E-state index in [4.69, 9.17) is 0 Å². The summed E-state index contributed by atoms with van der Waals surface area (Å²) in [6.07, 6.45) is 3.95. The molecule has 0 bridgehead atoms. The first-order valence-corrected chi connectivity index (χ1v) is 9.48. The predicted octanol–water partition coefficient (Wildman–Crippen LogP) is 2.20. The highest BCUT2D eigenvalue weighted by molar-refractivity contribution is 7.99. The number of fused-ring (bicyclic) bond motifs is 1. The summed E-state index contributed by atoms with van der Waals surface area (Å²) in [7, 11) is 1.82. The van der Waals surface area contributed by atoms with Crippen LogP contribution >= 0.6 is 23.1 Å². The molecule has 1 aromatic heterocycles. The molecule has 0 spiro atoms. The third kappa shape index (κ3) is 2.98. The Balaban J connectivity index is 1.70. The maximum Gasteiger partial charge on any atom is 0.255 e. The molecule has 2 heterocycles. The van der Waals surface area contributed by atoms with Crippen LogP contribution in [0.4, 0.5) is 0 Å². The maximum absolute atomic E-state index is 12.5. The standard InChI is InChI=1S/C15H22N2O2S2/c1-10-16-13-11(4-3-5-12(13)21-10)8-17(2)14(18)15(19)6-7-20-9-15/h11,19H,3-9H2,1-2H3/t11-,15-/m1/s1. The largest absolute Gasteiger partial charge is 0.379 e. The summed E-state index contributed by atoms with van der Waals surface area (Å²) in [5.41, 5.74) is 0.0470. The van der Waals surface area contributed by atoms with Gasteiger partial charge >= 0.3 is 0 Å². The zero-order valence-electron chi connectivity index (χ0n) is 12.6. The molecule has 0 aromatic carbocycles. The molecule has 21 heavy (non-hydrogen) atoms. The minimum absolute atomic E-state index is 0.119. The van der Waals surface area contributed by atoms with Crippen LogP contribution in [0.3, 0.4) is 0 Å². The fraction of sp³-hybridized carbons (Fsp3) is 0.733. The minimum atomic E-state index is -1.14. The van der Waals surface area contributed by atoms with Gasteiger partial charge in [0.2, 0.25) is 0 Å². The number of hydrogen-bond donors (Lipinski definition) is 1. The number of rotatable bonds is 3. The summed E-state index contributed by atoms with van der Waals surface area (Å²) in [6.45, 7) is 2.72. The van der Waals surface area contributed by atoms with E-state index in [2.05, 4.69) is 4.98 Å². The molecule has 1 fully saturated rings. The number of thiazole rings is 1. The molecule has 1 amide bonds. The number of nitrogens with zero attached hydrogens (tertiary/aromatic N) is 2. The van der Waals surface area contributed by atoms with E-state index in [0.29, 0.717) is 24.6 Å². The number of hydrogen-bond acceptors (Lipinski definition) is 5. The van der Waals surface area contributed by atoms with E-state index in [0.717, 1.165) is 23.6 Å². The molecule has 0 unspecified atom stereocenters. The summed E-state index contributed by atoms with van der Waals surface area (Å²) in [6, 6.07) is 0. The maximum atomic E-state index is 12.5. The number of aromatic nitrogens is 1. The fourth-order valence-corrected chi connectivity index (χ4v) is 5.59. The van der Waals surface area contributed by atoms with E-state index < -0.39 is 5.60 Å². The monoisotopic (exact) mass is 326 g/mol.